The van der Waals surface area contributed by atoms with Gasteiger partial charge in [0.25, 0.3) is 0 Å². The van der Waals surface area contributed by atoms with Gasteiger partial charge < -0.3 is 0 Å². The first-order valence-corrected chi connectivity index (χ1v) is 3.80. The topological polar surface area (TPSA) is 17.1 Å². The first-order chi connectivity index (χ1) is 4.18. The number of unbranched alkanes of at least 4 members (excludes halogenated alkanes) is 1. The standard InChI is InChI=1S/C7H13OS/c1-3-4-5-6(2)7(8)9/h6H,3-5H2,1-2H3. The summed E-state index contributed by atoms with van der Waals surface area (Å²) in [7, 11) is 0. The summed E-state index contributed by atoms with van der Waals surface area (Å²) in [6.45, 7) is 4.01. The van der Waals surface area contributed by atoms with Crippen molar-refractivity contribution in [1.29, 1.82) is 0 Å². The molecule has 1 unspecified atom stereocenters. The Bertz CT molecular complexity index is 90.9. The highest BCUT2D eigenvalue weighted by Crippen LogP contribution is 2.09. The van der Waals surface area contributed by atoms with Gasteiger partial charge in [-0.2, -0.15) is 0 Å². The largest absolute Gasteiger partial charge is 0.282 e. The molecule has 53 valence electrons. The van der Waals surface area contributed by atoms with E-state index in [0.717, 1.165) is 19.3 Å². The summed E-state index contributed by atoms with van der Waals surface area (Å²) in [5, 5.41) is -0.0940. The molecular weight excluding hydrogens is 132 g/mol. The van der Waals surface area contributed by atoms with Gasteiger partial charge in [-0.3, -0.25) is 4.79 Å². The summed E-state index contributed by atoms with van der Waals surface area (Å²) in [5.41, 5.74) is 0. The Morgan fingerprint density at radius 2 is 2.22 bits per heavy atom. The molecule has 0 aromatic heterocycles. The van der Waals surface area contributed by atoms with Crippen LogP contribution in [0.25, 0.3) is 0 Å². The van der Waals surface area contributed by atoms with E-state index in [-0.39, 0.29) is 11.0 Å². The van der Waals surface area contributed by atoms with Crippen molar-refractivity contribution in [1.82, 2.24) is 0 Å². The van der Waals surface area contributed by atoms with Crippen LogP contribution in [0.2, 0.25) is 0 Å². The molecule has 0 fully saturated rings. The molecule has 0 saturated carbocycles. The van der Waals surface area contributed by atoms with E-state index >= 15 is 0 Å². The molecule has 0 heterocycles. The van der Waals surface area contributed by atoms with Gasteiger partial charge in [0.05, 0.1) is 0 Å². The Balaban J connectivity index is 3.27. The smallest absolute Gasteiger partial charge is 0.221 e. The number of hydrogen-bond acceptors (Lipinski definition) is 1. The van der Waals surface area contributed by atoms with E-state index in [2.05, 4.69) is 19.6 Å². The fourth-order valence-electron chi connectivity index (χ4n) is 0.628. The minimum absolute atomic E-state index is 0.0940. The van der Waals surface area contributed by atoms with E-state index in [4.69, 9.17) is 0 Å². The van der Waals surface area contributed by atoms with Crippen molar-refractivity contribution in [2.75, 3.05) is 0 Å². The van der Waals surface area contributed by atoms with Crippen LogP contribution in [0.15, 0.2) is 0 Å². The van der Waals surface area contributed by atoms with Crippen molar-refractivity contribution in [3.63, 3.8) is 0 Å². The second kappa shape index (κ2) is 4.74. The normalized spacial score (nSPS) is 13.1. The van der Waals surface area contributed by atoms with Crippen LogP contribution in [0.4, 0.5) is 0 Å². The lowest BCUT2D eigenvalue weighted by Gasteiger charge is -2.01. The molecule has 0 bridgehead atoms. The number of rotatable bonds is 4. The van der Waals surface area contributed by atoms with Gasteiger partial charge in [0, 0.05) is 5.92 Å². The fourth-order valence-corrected chi connectivity index (χ4v) is 0.746. The van der Waals surface area contributed by atoms with Gasteiger partial charge in [0.2, 0.25) is 5.12 Å². The van der Waals surface area contributed by atoms with Crippen LogP contribution in [0, 0.1) is 5.92 Å². The lowest BCUT2D eigenvalue weighted by atomic mass is 10.1. The van der Waals surface area contributed by atoms with Crippen molar-refractivity contribution >= 4 is 17.7 Å². The Morgan fingerprint density at radius 1 is 1.67 bits per heavy atom. The zero-order chi connectivity index (χ0) is 7.28. The minimum Gasteiger partial charge on any atom is -0.282 e. The molecule has 0 spiro atoms. The maximum Gasteiger partial charge on any atom is 0.221 e. The van der Waals surface area contributed by atoms with Crippen molar-refractivity contribution in [3.05, 3.63) is 0 Å². The molecule has 1 radical (unpaired) electrons. The predicted octanol–water partition coefficient (Wildman–Crippen LogP) is 2.54. The first kappa shape index (κ1) is 8.89. The maximum atomic E-state index is 10.5. The molecule has 0 N–H and O–H groups in total. The van der Waals surface area contributed by atoms with Gasteiger partial charge >= 0.3 is 0 Å². The highest BCUT2D eigenvalue weighted by atomic mass is 32.1. The van der Waals surface area contributed by atoms with E-state index in [9.17, 15) is 4.79 Å². The molecule has 0 aromatic rings. The quantitative estimate of drug-likeness (QED) is 0.594. The fraction of sp³-hybridized carbons (Fsp3) is 0.857. The van der Waals surface area contributed by atoms with Gasteiger partial charge in [-0.15, -0.1) is 0 Å². The van der Waals surface area contributed by atoms with E-state index in [1.165, 1.54) is 0 Å². The lowest BCUT2D eigenvalue weighted by molar-refractivity contribution is -0.113. The van der Waals surface area contributed by atoms with Gasteiger partial charge in [0.1, 0.15) is 0 Å². The van der Waals surface area contributed by atoms with E-state index in [1.54, 1.807) is 0 Å². The summed E-state index contributed by atoms with van der Waals surface area (Å²) in [6.07, 6.45) is 3.22. The van der Waals surface area contributed by atoms with Crippen LogP contribution in [0.3, 0.4) is 0 Å². The van der Waals surface area contributed by atoms with Crippen LogP contribution in [0.5, 0.6) is 0 Å². The third-order valence-corrected chi connectivity index (χ3v) is 1.80. The molecule has 0 aliphatic carbocycles. The lowest BCUT2D eigenvalue weighted by Crippen LogP contribution is -2.02. The van der Waals surface area contributed by atoms with E-state index in [1.807, 2.05) is 6.92 Å². The highest BCUT2D eigenvalue weighted by molar-refractivity contribution is 7.96. The highest BCUT2D eigenvalue weighted by Gasteiger charge is 2.07. The number of carbonyl (C=O) groups excluding carboxylic acids is 1. The third kappa shape index (κ3) is 4.40. The molecule has 9 heavy (non-hydrogen) atoms. The average molecular weight is 145 g/mol. The monoisotopic (exact) mass is 145 g/mol. The van der Waals surface area contributed by atoms with E-state index in [0.29, 0.717) is 0 Å². The van der Waals surface area contributed by atoms with Crippen LogP contribution < -0.4 is 0 Å². The Labute approximate surface area is 62.2 Å². The second-order valence-corrected chi connectivity index (χ2v) is 2.76. The molecule has 0 aromatic carbocycles. The average Bonchev–Trinajstić information content (AvgIpc) is 1.82. The van der Waals surface area contributed by atoms with Crippen molar-refractivity contribution in [2.24, 2.45) is 5.92 Å². The van der Waals surface area contributed by atoms with Crippen molar-refractivity contribution < 1.29 is 4.79 Å². The van der Waals surface area contributed by atoms with Gasteiger partial charge in [-0.1, -0.05) is 26.7 Å². The first-order valence-electron chi connectivity index (χ1n) is 3.39. The molecule has 0 rings (SSSR count). The SMILES string of the molecule is CCCCC(C)C(=O)[S]. The predicted molar refractivity (Wildman–Crippen MR) is 41.3 cm³/mol. The zero-order valence-corrected chi connectivity index (χ0v) is 6.83. The summed E-state index contributed by atoms with van der Waals surface area (Å²) in [4.78, 5) is 10.5. The van der Waals surface area contributed by atoms with Crippen molar-refractivity contribution in [3.8, 4) is 0 Å². The maximum absolute atomic E-state index is 10.5. The summed E-state index contributed by atoms with van der Waals surface area (Å²) >= 11 is 4.48. The molecule has 0 aliphatic rings. The van der Waals surface area contributed by atoms with Crippen LogP contribution in [-0.4, -0.2) is 5.12 Å². The number of hydrogen-bond donors (Lipinski definition) is 0. The molecule has 1 atom stereocenters. The molecular formula is C7H13OS. The van der Waals surface area contributed by atoms with Gasteiger partial charge in [-0.25, -0.2) is 0 Å². The summed E-state index contributed by atoms with van der Waals surface area (Å²) < 4.78 is 0. The third-order valence-electron chi connectivity index (χ3n) is 1.39. The zero-order valence-electron chi connectivity index (χ0n) is 6.02. The summed E-state index contributed by atoms with van der Waals surface area (Å²) in [5.74, 6) is 0.0972. The van der Waals surface area contributed by atoms with Crippen LogP contribution >= 0.6 is 12.6 Å². The summed E-state index contributed by atoms with van der Waals surface area (Å²) in [6, 6.07) is 0. The van der Waals surface area contributed by atoms with Crippen LogP contribution in [0.1, 0.15) is 33.1 Å². The molecule has 0 aliphatic heterocycles. The minimum atomic E-state index is -0.0940. The number of carbonyl (C=O) groups is 1. The molecule has 2 heteroatoms. The molecule has 0 amide bonds. The molecule has 0 saturated heterocycles. The van der Waals surface area contributed by atoms with Crippen molar-refractivity contribution in [2.45, 2.75) is 33.1 Å². The Morgan fingerprint density at radius 3 is 2.56 bits per heavy atom. The van der Waals surface area contributed by atoms with Gasteiger partial charge in [0.15, 0.2) is 0 Å². The molecule has 1 nitrogen and oxygen atoms in total. The Hall–Kier alpha value is -0.110. The Kier molecular flexibility index (Phi) is 4.68. The van der Waals surface area contributed by atoms with Crippen LogP contribution in [-0.2, 0) is 4.79 Å². The van der Waals surface area contributed by atoms with Gasteiger partial charge in [-0.05, 0) is 19.0 Å². The van der Waals surface area contributed by atoms with E-state index < -0.39 is 0 Å². The second-order valence-electron chi connectivity index (χ2n) is 2.36.